The molecule has 0 aliphatic rings. The molecule has 0 fully saturated rings. The highest BCUT2D eigenvalue weighted by molar-refractivity contribution is 7.91. The van der Waals surface area contributed by atoms with Gasteiger partial charge in [0.05, 0.1) is 24.7 Å². The summed E-state index contributed by atoms with van der Waals surface area (Å²) in [6.07, 6.45) is 0. The van der Waals surface area contributed by atoms with Crippen molar-refractivity contribution >= 4 is 15.8 Å². The van der Waals surface area contributed by atoms with Crippen LogP contribution in [0.25, 0.3) is 11.3 Å². The van der Waals surface area contributed by atoms with Crippen LogP contribution < -0.4 is 9.47 Å². The van der Waals surface area contributed by atoms with Crippen molar-refractivity contribution in [2.24, 2.45) is 0 Å². The molecule has 11 heteroatoms. The summed E-state index contributed by atoms with van der Waals surface area (Å²) < 4.78 is 70.0. The Labute approximate surface area is 176 Å². The second-order valence-electron chi connectivity index (χ2n) is 6.13. The number of nitrogens with zero attached hydrogens (tertiary/aromatic N) is 1. The van der Waals surface area contributed by atoms with Gasteiger partial charge in [-0.05, 0) is 30.3 Å². The largest absolute Gasteiger partial charge is 0.493 e. The van der Waals surface area contributed by atoms with E-state index in [4.69, 9.17) is 18.7 Å². The van der Waals surface area contributed by atoms with Crippen molar-refractivity contribution in [1.82, 2.24) is 5.16 Å². The number of carbonyl (C=O) groups excluding carboxylic acids is 1. The first kappa shape index (κ1) is 22.2. The van der Waals surface area contributed by atoms with Gasteiger partial charge in [-0.1, -0.05) is 17.3 Å². The Hall–Kier alpha value is -3.47. The van der Waals surface area contributed by atoms with Gasteiger partial charge in [0, 0.05) is 11.6 Å². The lowest BCUT2D eigenvalue weighted by atomic mass is 10.1. The van der Waals surface area contributed by atoms with Gasteiger partial charge >= 0.3 is 11.7 Å². The normalized spacial score (nSPS) is 11.4. The predicted octanol–water partition coefficient (Wildman–Crippen LogP) is 3.71. The van der Waals surface area contributed by atoms with Crippen molar-refractivity contribution in [3.05, 3.63) is 59.8 Å². The topological polar surface area (TPSA) is 105 Å². The summed E-state index contributed by atoms with van der Waals surface area (Å²) in [6, 6.07) is 11.2. The van der Waals surface area contributed by atoms with Gasteiger partial charge in [-0.3, -0.25) is 0 Å². The average molecular weight is 453 g/mol. The second kappa shape index (κ2) is 9.13. The van der Waals surface area contributed by atoms with Gasteiger partial charge in [0.1, 0.15) is 12.3 Å². The Morgan fingerprint density at radius 1 is 1.06 bits per heavy atom. The molecule has 0 unspecified atom stereocenters. The number of sulfone groups is 1. The number of benzene rings is 2. The Morgan fingerprint density at radius 3 is 2.45 bits per heavy atom. The first-order valence-electron chi connectivity index (χ1n) is 8.74. The Bertz CT molecular complexity index is 1190. The molecule has 0 amide bonds. The third-order valence-electron chi connectivity index (χ3n) is 4.23. The molecule has 2 aromatic carbocycles. The molecule has 0 N–H and O–H groups in total. The quantitative estimate of drug-likeness (QED) is 0.476. The maximum atomic E-state index is 12.9. The highest BCUT2D eigenvalue weighted by Crippen LogP contribution is 2.32. The Balaban J connectivity index is 1.76. The van der Waals surface area contributed by atoms with E-state index in [9.17, 15) is 22.0 Å². The van der Waals surface area contributed by atoms with Crippen molar-refractivity contribution in [1.29, 1.82) is 0 Å². The smallest absolute Gasteiger partial charge is 0.341 e. The Kier molecular flexibility index (Phi) is 6.54. The van der Waals surface area contributed by atoms with Crippen LogP contribution in [0, 0.1) is 0 Å². The lowest BCUT2D eigenvalue weighted by Crippen LogP contribution is -2.17. The van der Waals surface area contributed by atoms with E-state index in [1.807, 2.05) is 0 Å². The highest BCUT2D eigenvalue weighted by Gasteiger charge is 2.31. The molecule has 0 aliphatic carbocycles. The fourth-order valence-corrected chi connectivity index (χ4v) is 3.62. The molecule has 0 saturated heterocycles. The summed E-state index contributed by atoms with van der Waals surface area (Å²) in [5, 5.41) is 3.79. The lowest BCUT2D eigenvalue weighted by Gasteiger charge is -2.09. The summed E-state index contributed by atoms with van der Waals surface area (Å²) >= 11 is 0. The van der Waals surface area contributed by atoms with Crippen molar-refractivity contribution in [3.63, 3.8) is 0 Å². The molecule has 3 rings (SSSR count). The third-order valence-corrected chi connectivity index (χ3v) is 5.66. The van der Waals surface area contributed by atoms with Gasteiger partial charge in [-0.25, -0.2) is 13.2 Å². The van der Waals surface area contributed by atoms with Crippen molar-refractivity contribution in [2.45, 2.75) is 17.3 Å². The first-order chi connectivity index (χ1) is 14.8. The van der Waals surface area contributed by atoms with Gasteiger partial charge < -0.3 is 18.7 Å². The molecule has 31 heavy (non-hydrogen) atoms. The molecule has 0 bridgehead atoms. The molecule has 0 aliphatic heterocycles. The van der Waals surface area contributed by atoms with E-state index < -0.39 is 32.0 Å². The minimum Gasteiger partial charge on any atom is -0.493 e. The van der Waals surface area contributed by atoms with Crippen molar-refractivity contribution in [2.75, 3.05) is 14.2 Å². The summed E-state index contributed by atoms with van der Waals surface area (Å²) in [7, 11) is -1.98. The van der Waals surface area contributed by atoms with Crippen LogP contribution in [0.5, 0.6) is 11.5 Å². The van der Waals surface area contributed by atoms with E-state index in [-0.39, 0.29) is 12.3 Å². The van der Waals surface area contributed by atoms with Gasteiger partial charge in [0.25, 0.3) is 0 Å². The number of alkyl halides is 2. The first-order valence-corrected chi connectivity index (χ1v) is 10.3. The highest BCUT2D eigenvalue weighted by atomic mass is 32.2. The summed E-state index contributed by atoms with van der Waals surface area (Å²) in [5.74, 6) is -3.40. The van der Waals surface area contributed by atoms with E-state index in [2.05, 4.69) is 5.16 Å². The average Bonchev–Trinajstić information content (AvgIpc) is 3.25. The number of aromatic nitrogens is 1. The standard InChI is InChI=1S/C20H17F2NO7S/c1-27-15-8-7-12(9-17(15)28-2)16-10-13(23-30-16)11-29-19(24)14-5-3-4-6-18(14)31(25,26)20(21)22/h3-10,20H,11H2,1-2H3. The van der Waals surface area contributed by atoms with Gasteiger partial charge in [0.15, 0.2) is 17.3 Å². The second-order valence-corrected chi connectivity index (χ2v) is 8.02. The zero-order valence-corrected chi connectivity index (χ0v) is 17.2. The van der Waals surface area contributed by atoms with Crippen molar-refractivity contribution in [3.8, 4) is 22.8 Å². The van der Waals surface area contributed by atoms with Crippen LogP contribution in [0.2, 0.25) is 0 Å². The summed E-state index contributed by atoms with van der Waals surface area (Å²) in [5.41, 5.74) is 0.356. The minimum atomic E-state index is -4.97. The van der Waals surface area contributed by atoms with Crippen LogP contribution >= 0.6 is 0 Å². The zero-order chi connectivity index (χ0) is 22.6. The van der Waals surface area contributed by atoms with Gasteiger partial charge in [-0.2, -0.15) is 8.78 Å². The van der Waals surface area contributed by atoms with Gasteiger partial charge in [-0.15, -0.1) is 0 Å². The van der Waals surface area contributed by atoms with Crippen LogP contribution in [0.15, 0.2) is 57.9 Å². The summed E-state index contributed by atoms with van der Waals surface area (Å²) in [6.45, 7) is -0.362. The molecule has 0 radical (unpaired) electrons. The van der Waals surface area contributed by atoms with Crippen LogP contribution in [0.3, 0.4) is 0 Å². The van der Waals surface area contributed by atoms with Crippen LogP contribution in [0.1, 0.15) is 16.1 Å². The molecular weight excluding hydrogens is 436 g/mol. The Morgan fingerprint density at radius 2 is 1.77 bits per heavy atom. The fraction of sp³-hybridized carbons (Fsp3) is 0.200. The maximum Gasteiger partial charge on any atom is 0.341 e. The minimum absolute atomic E-state index is 0.229. The summed E-state index contributed by atoms with van der Waals surface area (Å²) in [4.78, 5) is 11.5. The fourth-order valence-electron chi connectivity index (χ4n) is 2.70. The van der Waals surface area contributed by atoms with E-state index in [1.165, 1.54) is 32.4 Å². The number of ether oxygens (including phenoxy) is 3. The molecule has 0 saturated carbocycles. The number of methoxy groups -OCH3 is 2. The molecule has 1 aromatic heterocycles. The van der Waals surface area contributed by atoms with Crippen LogP contribution in [-0.2, 0) is 21.2 Å². The molecular formula is C20H17F2NO7S. The van der Waals surface area contributed by atoms with Crippen LogP contribution in [0.4, 0.5) is 8.78 Å². The van der Waals surface area contributed by atoms with Crippen LogP contribution in [-0.4, -0.2) is 39.5 Å². The monoisotopic (exact) mass is 453 g/mol. The van der Waals surface area contributed by atoms with E-state index in [0.717, 1.165) is 12.1 Å². The maximum absolute atomic E-state index is 12.9. The van der Waals surface area contributed by atoms with Crippen molar-refractivity contribution < 1.29 is 40.7 Å². The number of halogens is 2. The lowest BCUT2D eigenvalue weighted by molar-refractivity contribution is 0.0459. The number of carbonyl (C=O) groups is 1. The molecule has 0 spiro atoms. The number of esters is 1. The number of rotatable bonds is 8. The van der Waals surface area contributed by atoms with E-state index in [0.29, 0.717) is 22.8 Å². The number of hydrogen-bond donors (Lipinski definition) is 0. The molecule has 3 aromatic rings. The molecule has 0 atom stereocenters. The molecule has 164 valence electrons. The van der Waals surface area contributed by atoms with Gasteiger partial charge in [0.2, 0.25) is 9.84 Å². The molecule has 1 heterocycles. The third kappa shape index (κ3) is 4.66. The predicted molar refractivity (Wildman–Crippen MR) is 104 cm³/mol. The van der Waals surface area contributed by atoms with E-state index >= 15 is 0 Å². The molecule has 8 nitrogen and oxygen atoms in total. The SMILES string of the molecule is COc1ccc(-c2cc(COC(=O)c3ccccc3S(=O)(=O)C(F)F)no2)cc1OC. The van der Waals surface area contributed by atoms with E-state index in [1.54, 1.807) is 18.2 Å². The zero-order valence-electron chi connectivity index (χ0n) is 16.4. The number of hydrogen-bond acceptors (Lipinski definition) is 8.